The molecule has 188 valence electrons. The molecule has 1 fully saturated rings. The SMILES string of the molecule is CC1(C)C(NC(=O)O)=N[C@](C)(c2nc(NC(=O)c3ncc(F)cc3Cl)ccc2F)[C@H]2CCNS21O. The van der Waals surface area contributed by atoms with E-state index in [0.29, 0.717) is 13.0 Å². The van der Waals surface area contributed by atoms with Gasteiger partial charge in [-0.2, -0.15) is 0 Å². The number of halogens is 3. The van der Waals surface area contributed by atoms with Crippen molar-refractivity contribution in [3.63, 3.8) is 0 Å². The standard InChI is InChI=1S/C21H23ClF2N6O4S/c1-20(2)18(29-19(32)33)30-21(3,13-6-7-26-35(13,20)34)16-12(24)4-5-14(27-16)28-17(31)15-11(22)8-10(23)9-25-15/h4-5,8-9,13,26,34H,6-7H2,1-3H3,(H,29,30)(H,32,33)(H,27,28,31)/t13-,21+/m1/s1. The molecule has 0 bridgehead atoms. The first-order valence-corrected chi connectivity index (χ1v) is 12.5. The largest absolute Gasteiger partial charge is 0.465 e. The number of anilines is 1. The molecule has 10 nitrogen and oxygen atoms in total. The Hall–Kier alpha value is -2.87. The smallest absolute Gasteiger partial charge is 0.410 e. The molecule has 5 N–H and O–H groups in total. The van der Waals surface area contributed by atoms with Crippen LogP contribution in [0, 0.1) is 11.6 Å². The molecule has 4 rings (SSSR count). The summed E-state index contributed by atoms with van der Waals surface area (Å²) in [4.78, 5) is 36.6. The zero-order valence-electron chi connectivity index (χ0n) is 18.9. The van der Waals surface area contributed by atoms with E-state index in [-0.39, 0.29) is 28.1 Å². The number of amidine groups is 1. The Morgan fingerprint density at radius 2 is 1.97 bits per heavy atom. The third kappa shape index (κ3) is 4.11. The van der Waals surface area contributed by atoms with Crippen LogP contribution in [0.1, 0.15) is 43.4 Å². The molecule has 3 atom stereocenters. The Labute approximate surface area is 205 Å². The second-order valence-electron chi connectivity index (χ2n) is 8.81. The Morgan fingerprint density at radius 3 is 2.63 bits per heavy atom. The van der Waals surface area contributed by atoms with Crippen LogP contribution in [0.5, 0.6) is 0 Å². The van der Waals surface area contributed by atoms with Gasteiger partial charge in [-0.25, -0.2) is 23.5 Å². The molecule has 14 heteroatoms. The molecule has 4 heterocycles. The summed E-state index contributed by atoms with van der Waals surface area (Å²) in [5.74, 6) is -2.36. The second kappa shape index (κ2) is 8.66. The molecule has 2 aliphatic heterocycles. The number of rotatable bonds is 3. The maximum absolute atomic E-state index is 15.2. The Bertz CT molecular complexity index is 1260. The van der Waals surface area contributed by atoms with Crippen molar-refractivity contribution >= 4 is 45.7 Å². The van der Waals surface area contributed by atoms with Crippen molar-refractivity contribution in [3.05, 3.63) is 52.4 Å². The lowest BCUT2D eigenvalue weighted by atomic mass is 9.89. The number of carbonyl (C=O) groups excluding carboxylic acids is 1. The Kier molecular flexibility index (Phi) is 6.24. The minimum Gasteiger partial charge on any atom is -0.465 e. The molecule has 0 spiro atoms. The van der Waals surface area contributed by atoms with Gasteiger partial charge in [0.1, 0.15) is 40.2 Å². The Balaban J connectivity index is 1.79. The van der Waals surface area contributed by atoms with Crippen molar-refractivity contribution in [1.29, 1.82) is 0 Å². The first-order valence-electron chi connectivity index (χ1n) is 10.5. The van der Waals surface area contributed by atoms with Gasteiger partial charge in [-0.3, -0.25) is 19.8 Å². The topological polar surface area (TPSA) is 149 Å². The molecule has 0 aliphatic carbocycles. The molecule has 0 radical (unpaired) electrons. The fourth-order valence-electron chi connectivity index (χ4n) is 4.46. The number of hydrogen-bond acceptors (Lipinski definition) is 7. The molecule has 1 saturated heterocycles. The van der Waals surface area contributed by atoms with E-state index in [9.17, 15) is 23.6 Å². The van der Waals surface area contributed by atoms with Crippen molar-refractivity contribution < 1.29 is 28.0 Å². The minimum atomic E-state index is -2.74. The summed E-state index contributed by atoms with van der Waals surface area (Å²) in [6.45, 7) is 5.32. The molecule has 35 heavy (non-hydrogen) atoms. The second-order valence-corrected chi connectivity index (χ2v) is 12.3. The molecule has 2 aromatic heterocycles. The lowest BCUT2D eigenvalue weighted by Crippen LogP contribution is -2.59. The highest BCUT2D eigenvalue weighted by atomic mass is 35.5. The lowest BCUT2D eigenvalue weighted by Gasteiger charge is -2.56. The van der Waals surface area contributed by atoms with Crippen LogP contribution in [-0.2, 0) is 5.54 Å². The molecular weight excluding hydrogens is 506 g/mol. The normalized spacial score (nSPS) is 28.9. The van der Waals surface area contributed by atoms with Crippen LogP contribution in [-0.4, -0.2) is 54.0 Å². The summed E-state index contributed by atoms with van der Waals surface area (Å²) in [5.41, 5.74) is -1.92. The lowest BCUT2D eigenvalue weighted by molar-refractivity contribution is 0.102. The molecule has 2 aliphatic rings. The van der Waals surface area contributed by atoms with Crippen LogP contribution in [0.4, 0.5) is 19.4 Å². The van der Waals surface area contributed by atoms with Crippen LogP contribution in [0.3, 0.4) is 0 Å². The van der Waals surface area contributed by atoms with Crippen LogP contribution in [0.25, 0.3) is 0 Å². The van der Waals surface area contributed by atoms with Gasteiger partial charge in [0.15, 0.2) is 0 Å². The summed E-state index contributed by atoms with van der Waals surface area (Å²) in [6.07, 6.45) is -0.114. The van der Waals surface area contributed by atoms with Gasteiger partial charge in [-0.1, -0.05) is 22.1 Å². The van der Waals surface area contributed by atoms with Crippen molar-refractivity contribution in [2.45, 2.75) is 42.7 Å². The van der Waals surface area contributed by atoms with Gasteiger partial charge in [0.2, 0.25) is 0 Å². The number of nitrogens with one attached hydrogen (secondary N) is 3. The van der Waals surface area contributed by atoms with Gasteiger partial charge in [-0.05, 0) is 45.4 Å². The summed E-state index contributed by atoms with van der Waals surface area (Å²) < 4.78 is 42.2. The number of aromatic nitrogens is 2. The number of carboxylic acid groups (broad SMARTS) is 1. The number of nitrogens with zero attached hydrogens (tertiary/aromatic N) is 3. The molecular formula is C21H23ClF2N6O4S. The number of hydrogen-bond donors (Lipinski definition) is 5. The highest BCUT2D eigenvalue weighted by Gasteiger charge is 2.62. The van der Waals surface area contributed by atoms with E-state index in [1.54, 1.807) is 20.8 Å². The number of carbonyl (C=O) groups is 2. The summed E-state index contributed by atoms with van der Waals surface area (Å²) >= 11 is 5.90. The monoisotopic (exact) mass is 528 g/mol. The van der Waals surface area contributed by atoms with Crippen molar-refractivity contribution in [3.8, 4) is 0 Å². The van der Waals surface area contributed by atoms with E-state index in [0.717, 1.165) is 18.3 Å². The maximum atomic E-state index is 15.2. The van der Waals surface area contributed by atoms with E-state index in [4.69, 9.17) is 11.6 Å². The predicted molar refractivity (Wildman–Crippen MR) is 128 cm³/mol. The predicted octanol–water partition coefficient (Wildman–Crippen LogP) is 3.89. The first kappa shape index (κ1) is 25.2. The number of pyridine rings is 2. The fourth-order valence-corrected chi connectivity index (χ4v) is 8.08. The van der Waals surface area contributed by atoms with Gasteiger partial charge in [-0.15, -0.1) is 0 Å². The first-order chi connectivity index (χ1) is 16.3. The maximum Gasteiger partial charge on any atom is 0.410 e. The minimum absolute atomic E-state index is 0.0337. The molecule has 1 unspecified atom stereocenters. The van der Waals surface area contributed by atoms with E-state index in [1.807, 2.05) is 0 Å². The summed E-state index contributed by atoms with van der Waals surface area (Å²) in [7, 11) is -2.74. The summed E-state index contributed by atoms with van der Waals surface area (Å²) in [6, 6.07) is 3.23. The van der Waals surface area contributed by atoms with Gasteiger partial charge in [0.05, 0.1) is 21.2 Å². The molecule has 0 aromatic carbocycles. The average Bonchev–Trinajstić information content (AvgIpc) is 3.18. The van der Waals surface area contributed by atoms with Crippen LogP contribution < -0.4 is 15.4 Å². The quantitative estimate of drug-likeness (QED) is 0.405. The molecule has 2 aromatic rings. The van der Waals surface area contributed by atoms with Crippen LogP contribution in [0.2, 0.25) is 5.02 Å². The Morgan fingerprint density at radius 1 is 1.26 bits per heavy atom. The van der Waals surface area contributed by atoms with E-state index in [2.05, 4.69) is 30.3 Å². The molecule has 0 saturated carbocycles. The van der Waals surface area contributed by atoms with Crippen LogP contribution >= 0.6 is 22.1 Å². The fraction of sp³-hybridized carbons (Fsp3) is 0.381. The zero-order chi connectivity index (χ0) is 25.8. The van der Waals surface area contributed by atoms with E-state index >= 15 is 4.39 Å². The highest BCUT2D eigenvalue weighted by molar-refractivity contribution is 8.29. The van der Waals surface area contributed by atoms with E-state index in [1.165, 1.54) is 6.07 Å². The highest BCUT2D eigenvalue weighted by Crippen LogP contribution is 2.67. The van der Waals surface area contributed by atoms with Crippen molar-refractivity contribution in [2.75, 3.05) is 11.9 Å². The third-order valence-corrected chi connectivity index (χ3v) is 10.5. The van der Waals surface area contributed by atoms with Crippen LogP contribution in [0.15, 0.2) is 29.4 Å². The number of fused-ring (bicyclic) bond motifs is 1. The molecule has 2 amide bonds. The van der Waals surface area contributed by atoms with E-state index < -0.39 is 49.7 Å². The third-order valence-electron chi connectivity index (χ3n) is 6.27. The van der Waals surface area contributed by atoms with Gasteiger partial charge < -0.3 is 15.0 Å². The van der Waals surface area contributed by atoms with Gasteiger partial charge in [0.25, 0.3) is 5.91 Å². The number of amides is 2. The van der Waals surface area contributed by atoms with Crippen molar-refractivity contribution in [1.82, 2.24) is 20.0 Å². The van der Waals surface area contributed by atoms with Gasteiger partial charge in [0, 0.05) is 6.54 Å². The number of aliphatic imine (C=N–C) groups is 1. The zero-order valence-corrected chi connectivity index (χ0v) is 20.5. The average molecular weight is 529 g/mol. The summed E-state index contributed by atoms with van der Waals surface area (Å²) in [5, 5.41) is 13.2. The van der Waals surface area contributed by atoms with Crippen molar-refractivity contribution in [2.24, 2.45) is 4.99 Å². The van der Waals surface area contributed by atoms with Gasteiger partial charge >= 0.3 is 6.09 Å².